The second-order valence-electron chi connectivity index (χ2n) is 21.1. The summed E-state index contributed by atoms with van der Waals surface area (Å²) in [6.45, 7) is 16.4. The number of fused-ring (bicyclic) bond motifs is 11. The first-order chi connectivity index (χ1) is 32.4. The topological polar surface area (TPSA) is 11.4 Å². The summed E-state index contributed by atoms with van der Waals surface area (Å²) in [5.74, 6) is 0. The van der Waals surface area contributed by atoms with Crippen molar-refractivity contribution in [3.05, 3.63) is 205 Å². The van der Waals surface area contributed by atoms with Crippen LogP contribution in [0.2, 0.25) is 0 Å². The lowest BCUT2D eigenvalue weighted by molar-refractivity contribution is 0.569. The predicted octanol–water partition coefficient (Wildman–Crippen LogP) is 16.0. The molecule has 67 heavy (non-hydrogen) atoms. The van der Waals surface area contributed by atoms with Crippen LogP contribution >= 0.6 is 0 Å². The highest BCUT2D eigenvalue weighted by atomic mass is 15.2. The Balaban J connectivity index is 1.25. The molecule has 13 rings (SSSR count). The van der Waals surface area contributed by atoms with Gasteiger partial charge in [0.25, 0.3) is 0 Å². The fraction of sp³-hybridized carbons (Fsp3) is 0.143. The molecule has 0 unspecified atom stereocenters. The number of benzene rings is 10. The lowest BCUT2D eigenvalue weighted by Crippen LogP contribution is -2.57. The summed E-state index contributed by atoms with van der Waals surface area (Å²) < 4.78 is 2.72. The molecule has 3 nitrogen and oxygen atoms in total. The van der Waals surface area contributed by atoms with Gasteiger partial charge in [-0.1, -0.05) is 157 Å². The Morgan fingerprint density at radius 2 is 1.04 bits per heavy atom. The molecule has 1 aromatic heterocycles. The van der Waals surface area contributed by atoms with Gasteiger partial charge in [0.2, 0.25) is 0 Å². The summed E-state index contributed by atoms with van der Waals surface area (Å²) in [7, 11) is 0. The molecule has 0 radical (unpaired) electrons. The fourth-order valence-electron chi connectivity index (χ4n) is 11.6. The molecule has 0 saturated carbocycles. The number of aryl methyl sites for hydroxylation is 1. The Morgan fingerprint density at radius 1 is 0.463 bits per heavy atom. The summed E-state index contributed by atoms with van der Waals surface area (Å²) in [6.07, 6.45) is 0. The number of nitrogens with zero attached hydrogens (tertiary/aromatic N) is 3. The Bertz CT molecular complexity index is 3780. The zero-order valence-corrected chi connectivity index (χ0v) is 39.3. The first kappa shape index (κ1) is 39.8. The summed E-state index contributed by atoms with van der Waals surface area (Å²) in [4.78, 5) is 5.12. The molecule has 322 valence electrons. The summed E-state index contributed by atoms with van der Waals surface area (Å²) in [6, 6.07) is 71.1. The van der Waals surface area contributed by atoms with E-state index in [1.165, 1.54) is 110 Å². The van der Waals surface area contributed by atoms with Crippen LogP contribution in [0.3, 0.4) is 0 Å². The number of hydrogen-bond acceptors (Lipinski definition) is 2. The van der Waals surface area contributed by atoms with Gasteiger partial charge < -0.3 is 14.3 Å². The molecule has 0 atom stereocenters. The van der Waals surface area contributed by atoms with Crippen molar-refractivity contribution in [1.82, 2.24) is 4.48 Å². The monoisotopic (exact) mass is 861 g/mol. The minimum atomic E-state index is -0.106. The van der Waals surface area contributed by atoms with E-state index in [0.29, 0.717) is 0 Å². The van der Waals surface area contributed by atoms with Gasteiger partial charge in [0.15, 0.2) is 0 Å². The smallest absolute Gasteiger partial charge is 0.333 e. The summed E-state index contributed by atoms with van der Waals surface area (Å²) in [5, 5.41) is 10.2. The van der Waals surface area contributed by atoms with E-state index in [1.54, 1.807) is 0 Å². The van der Waals surface area contributed by atoms with E-state index in [-0.39, 0.29) is 17.7 Å². The molecule has 11 aromatic rings. The maximum atomic E-state index is 2.72. The van der Waals surface area contributed by atoms with Gasteiger partial charge in [0, 0.05) is 61.5 Å². The summed E-state index contributed by atoms with van der Waals surface area (Å²) >= 11 is 0. The Hall–Kier alpha value is -7.56. The molecule has 0 saturated heterocycles. The third-order valence-corrected chi connectivity index (χ3v) is 14.9. The summed E-state index contributed by atoms with van der Waals surface area (Å²) in [5.41, 5.74) is 18.6. The zero-order chi connectivity index (χ0) is 45.5. The molecule has 2 aliphatic heterocycles. The molecule has 0 bridgehead atoms. The van der Waals surface area contributed by atoms with Crippen molar-refractivity contribution >= 4 is 106 Å². The van der Waals surface area contributed by atoms with E-state index in [9.17, 15) is 0 Å². The standard InChI is InChI=1S/C63H52BN3/c1-39-52-31-41-21-15-14-20-40(41)30-43(52)33-55-60(39)66(48-35-44(62(2,3)4)34-45(36-48)63(5,6)7)57-38-49(65(46-23-10-8-11-24-46)47-25-12-9-13-26-47)37-53-54-32-42-22-16-17-27-50(42)58-51-28-18-19-29-56(51)67(61(54)58)64(55)59(53)57/h8-38H,1-7H3. The zero-order valence-electron chi connectivity index (χ0n) is 39.3. The van der Waals surface area contributed by atoms with Crippen LogP contribution in [-0.2, 0) is 10.8 Å². The quantitative estimate of drug-likeness (QED) is 0.129. The maximum absolute atomic E-state index is 2.72. The first-order valence-corrected chi connectivity index (χ1v) is 23.9. The molecule has 2 aliphatic rings. The van der Waals surface area contributed by atoms with Gasteiger partial charge in [0.05, 0.1) is 0 Å². The van der Waals surface area contributed by atoms with E-state index in [4.69, 9.17) is 0 Å². The normalized spacial score (nSPS) is 13.2. The van der Waals surface area contributed by atoms with E-state index < -0.39 is 0 Å². The lowest BCUT2D eigenvalue weighted by atomic mass is 9.44. The van der Waals surface area contributed by atoms with Crippen LogP contribution in [-0.4, -0.2) is 11.3 Å². The van der Waals surface area contributed by atoms with Crippen LogP contribution in [0.25, 0.3) is 65.3 Å². The predicted molar refractivity (Wildman–Crippen MR) is 289 cm³/mol. The Morgan fingerprint density at radius 3 is 1.70 bits per heavy atom. The molecular weight excluding hydrogens is 810 g/mol. The number of para-hydroxylation sites is 3. The minimum Gasteiger partial charge on any atom is -0.375 e. The third kappa shape index (κ3) is 5.91. The third-order valence-electron chi connectivity index (χ3n) is 14.9. The molecule has 10 aromatic carbocycles. The molecule has 0 amide bonds. The van der Waals surface area contributed by atoms with E-state index in [1.807, 2.05) is 0 Å². The largest absolute Gasteiger partial charge is 0.375 e. The first-order valence-electron chi connectivity index (χ1n) is 23.9. The number of rotatable bonds is 4. The second-order valence-corrected chi connectivity index (χ2v) is 21.1. The Kier molecular flexibility index (Phi) is 8.45. The highest BCUT2D eigenvalue weighted by Gasteiger charge is 2.45. The van der Waals surface area contributed by atoms with Crippen LogP contribution in [0.1, 0.15) is 58.2 Å². The van der Waals surface area contributed by atoms with E-state index in [2.05, 4.69) is 251 Å². The van der Waals surface area contributed by atoms with Gasteiger partial charge in [-0.25, -0.2) is 0 Å². The van der Waals surface area contributed by atoms with Gasteiger partial charge in [0.1, 0.15) is 0 Å². The van der Waals surface area contributed by atoms with E-state index in [0.717, 1.165) is 17.1 Å². The van der Waals surface area contributed by atoms with Crippen molar-refractivity contribution in [2.24, 2.45) is 0 Å². The Labute approximate surface area is 393 Å². The van der Waals surface area contributed by atoms with Crippen molar-refractivity contribution in [3.8, 4) is 11.1 Å². The van der Waals surface area contributed by atoms with Gasteiger partial charge in [-0.15, -0.1) is 0 Å². The van der Waals surface area contributed by atoms with Gasteiger partial charge >= 0.3 is 6.85 Å². The minimum absolute atomic E-state index is 0.0805. The highest BCUT2D eigenvalue weighted by Crippen LogP contribution is 2.52. The number of hydrogen-bond donors (Lipinski definition) is 0. The van der Waals surface area contributed by atoms with Gasteiger partial charge in [-0.3, -0.25) is 0 Å². The van der Waals surface area contributed by atoms with Crippen molar-refractivity contribution in [3.63, 3.8) is 0 Å². The molecular formula is C63H52BN3. The van der Waals surface area contributed by atoms with Crippen LogP contribution in [0.4, 0.5) is 34.1 Å². The average Bonchev–Trinajstić information content (AvgIpc) is 3.68. The average molecular weight is 862 g/mol. The van der Waals surface area contributed by atoms with Crippen LogP contribution < -0.4 is 20.7 Å². The number of anilines is 6. The molecule has 4 heteroatoms. The second kappa shape index (κ2) is 14.2. The molecule has 0 aliphatic carbocycles. The number of aromatic nitrogens is 1. The van der Waals surface area contributed by atoms with Gasteiger partial charge in [-0.2, -0.15) is 0 Å². The lowest BCUT2D eigenvalue weighted by Gasteiger charge is -2.43. The van der Waals surface area contributed by atoms with Crippen molar-refractivity contribution < 1.29 is 0 Å². The maximum Gasteiger partial charge on any atom is 0.333 e. The molecule has 3 heterocycles. The fourth-order valence-corrected chi connectivity index (χ4v) is 11.6. The van der Waals surface area contributed by atoms with Crippen LogP contribution in [0.5, 0.6) is 0 Å². The van der Waals surface area contributed by atoms with Crippen LogP contribution in [0.15, 0.2) is 188 Å². The van der Waals surface area contributed by atoms with Gasteiger partial charge in [-0.05, 0) is 156 Å². The van der Waals surface area contributed by atoms with E-state index >= 15 is 0 Å². The molecule has 0 spiro atoms. The molecule has 0 fully saturated rings. The van der Waals surface area contributed by atoms with Crippen molar-refractivity contribution in [1.29, 1.82) is 0 Å². The van der Waals surface area contributed by atoms with Crippen molar-refractivity contribution in [2.45, 2.75) is 59.3 Å². The molecule has 0 N–H and O–H groups in total. The highest BCUT2D eigenvalue weighted by molar-refractivity contribution is 6.90. The van der Waals surface area contributed by atoms with Crippen LogP contribution in [0, 0.1) is 6.92 Å². The SMILES string of the molecule is Cc1c2c(cc3cc4ccccc4cc13)B1c3c(cc(N(c4ccccc4)c4ccccc4)cc3N2c2cc(C(C)(C)C)cc(C(C)(C)C)c2)-c2cc3ccccc3c3c4ccccc4n1c23. The van der Waals surface area contributed by atoms with Crippen molar-refractivity contribution in [2.75, 3.05) is 9.80 Å².